The molecule has 50 valence electrons. The summed E-state index contributed by atoms with van der Waals surface area (Å²) in [6, 6.07) is 3.53. The van der Waals surface area contributed by atoms with Crippen molar-refractivity contribution in [2.24, 2.45) is 0 Å². The van der Waals surface area contributed by atoms with Crippen molar-refractivity contribution in [3.63, 3.8) is 0 Å². The summed E-state index contributed by atoms with van der Waals surface area (Å²) in [4.78, 5) is 0. The summed E-state index contributed by atoms with van der Waals surface area (Å²) >= 11 is 0. The molecular weight excluding hydrogens is 130 g/mol. The van der Waals surface area contributed by atoms with Crippen molar-refractivity contribution in [1.29, 1.82) is 0 Å². The largest absolute Gasteiger partial charge is 0.399 e. The summed E-state index contributed by atoms with van der Waals surface area (Å²) in [6.07, 6.45) is 1.51. The lowest BCUT2D eigenvalue weighted by Gasteiger charge is -1.87. The van der Waals surface area contributed by atoms with Gasteiger partial charge in [0.2, 0.25) is 0 Å². The fourth-order valence-corrected chi connectivity index (χ4v) is 0.865. The van der Waals surface area contributed by atoms with Crippen LogP contribution in [0.25, 0.3) is 11.3 Å². The van der Waals surface area contributed by atoms with Crippen LogP contribution in [0.15, 0.2) is 22.9 Å². The second-order valence-electron chi connectivity index (χ2n) is 2.03. The Morgan fingerprint density at radius 2 is 2.30 bits per heavy atom. The fourth-order valence-electron chi connectivity index (χ4n) is 0.865. The summed E-state index contributed by atoms with van der Waals surface area (Å²) < 4.78 is 4.59. The van der Waals surface area contributed by atoms with E-state index < -0.39 is 0 Å². The van der Waals surface area contributed by atoms with Gasteiger partial charge in [-0.05, 0) is 12.1 Å². The third-order valence-electron chi connectivity index (χ3n) is 1.30. The maximum Gasteiger partial charge on any atom is 0.133 e. The standard InChI is InChI=1S/C6H5N3O/c7-5-1-4-3-10-9-8-6(4)2-5/h1-3H,7H2. The molecule has 0 aromatic rings. The average Bonchev–Trinajstić information content (AvgIpc) is 2.27. The van der Waals surface area contributed by atoms with Crippen LogP contribution in [0.1, 0.15) is 0 Å². The molecule has 0 bridgehead atoms. The normalized spacial score (nSPS) is 10.4. The summed E-state index contributed by atoms with van der Waals surface area (Å²) in [7, 11) is 0. The van der Waals surface area contributed by atoms with Crippen molar-refractivity contribution in [2.45, 2.75) is 0 Å². The van der Waals surface area contributed by atoms with Crippen molar-refractivity contribution in [3.05, 3.63) is 18.4 Å². The molecule has 1 heterocycles. The van der Waals surface area contributed by atoms with E-state index in [2.05, 4.69) is 14.9 Å². The van der Waals surface area contributed by atoms with E-state index in [1.807, 2.05) is 0 Å². The van der Waals surface area contributed by atoms with Gasteiger partial charge in [0.25, 0.3) is 0 Å². The zero-order valence-corrected chi connectivity index (χ0v) is 5.11. The molecule has 1 aliphatic heterocycles. The first kappa shape index (κ1) is 5.22. The Labute approximate surface area is 57.0 Å². The quantitative estimate of drug-likeness (QED) is 0.579. The Hall–Kier alpha value is -1.58. The molecule has 0 aromatic carbocycles. The number of nitrogens with two attached hydrogens (primary N) is 1. The van der Waals surface area contributed by atoms with Gasteiger partial charge in [-0.25, -0.2) is 0 Å². The first-order valence-electron chi connectivity index (χ1n) is 2.82. The number of rotatable bonds is 0. The topological polar surface area (TPSA) is 64.9 Å². The van der Waals surface area contributed by atoms with Crippen LogP contribution < -0.4 is 5.73 Å². The SMILES string of the molecule is Nc1cc2connc-2c1. The van der Waals surface area contributed by atoms with Gasteiger partial charge in [0.05, 0.1) is 0 Å². The molecule has 2 N–H and O–H groups in total. The summed E-state index contributed by atoms with van der Waals surface area (Å²) in [5.74, 6) is 0. The van der Waals surface area contributed by atoms with E-state index in [1.165, 1.54) is 6.26 Å². The van der Waals surface area contributed by atoms with Gasteiger partial charge < -0.3 is 10.3 Å². The Morgan fingerprint density at radius 3 is 3.10 bits per heavy atom. The highest BCUT2D eigenvalue weighted by Crippen LogP contribution is 2.23. The predicted molar refractivity (Wildman–Crippen MR) is 35.3 cm³/mol. The van der Waals surface area contributed by atoms with Gasteiger partial charge in [0.15, 0.2) is 0 Å². The minimum absolute atomic E-state index is 0.686. The van der Waals surface area contributed by atoms with Crippen LogP contribution in [0.3, 0.4) is 0 Å². The molecule has 0 aromatic heterocycles. The Balaban J connectivity index is 2.76. The minimum atomic E-state index is 0.686. The van der Waals surface area contributed by atoms with Crippen LogP contribution in [0.2, 0.25) is 0 Å². The molecule has 0 fully saturated rings. The van der Waals surface area contributed by atoms with Crippen LogP contribution in [0.4, 0.5) is 5.69 Å². The highest BCUT2D eigenvalue weighted by atomic mass is 16.5. The van der Waals surface area contributed by atoms with Gasteiger partial charge in [0.1, 0.15) is 12.0 Å². The maximum atomic E-state index is 5.48. The number of anilines is 1. The van der Waals surface area contributed by atoms with E-state index >= 15 is 0 Å². The molecule has 0 saturated carbocycles. The van der Waals surface area contributed by atoms with Crippen molar-refractivity contribution in [2.75, 3.05) is 5.73 Å². The lowest BCUT2D eigenvalue weighted by molar-refractivity contribution is 0.362. The molecule has 1 aliphatic carbocycles. The van der Waals surface area contributed by atoms with E-state index in [1.54, 1.807) is 12.1 Å². The van der Waals surface area contributed by atoms with Crippen molar-refractivity contribution < 1.29 is 4.52 Å². The van der Waals surface area contributed by atoms with Crippen LogP contribution in [0, 0.1) is 0 Å². The summed E-state index contributed by atoms with van der Waals surface area (Å²) in [5.41, 5.74) is 7.82. The molecule has 0 atom stereocenters. The van der Waals surface area contributed by atoms with Crippen LogP contribution in [-0.4, -0.2) is 10.4 Å². The first-order chi connectivity index (χ1) is 4.86. The summed E-state index contributed by atoms with van der Waals surface area (Å²) in [5, 5.41) is 7.05. The molecule has 2 rings (SSSR count). The first-order valence-corrected chi connectivity index (χ1v) is 2.82. The molecule has 4 heteroatoms. The molecule has 0 radical (unpaired) electrons. The molecule has 0 spiro atoms. The smallest absolute Gasteiger partial charge is 0.133 e. The van der Waals surface area contributed by atoms with Crippen LogP contribution in [-0.2, 0) is 0 Å². The number of fused-ring (bicyclic) bond motifs is 1. The zero-order chi connectivity index (χ0) is 6.97. The molecule has 4 nitrogen and oxygen atoms in total. The molecule has 10 heavy (non-hydrogen) atoms. The second-order valence-corrected chi connectivity index (χ2v) is 2.03. The number of hydrogen-bond donors (Lipinski definition) is 1. The predicted octanol–water partition coefficient (Wildman–Crippen LogP) is 0.757. The maximum absolute atomic E-state index is 5.48. The van der Waals surface area contributed by atoms with Gasteiger partial charge in [0, 0.05) is 16.5 Å². The van der Waals surface area contributed by atoms with E-state index in [0.717, 1.165) is 11.3 Å². The molecule has 0 amide bonds. The second kappa shape index (κ2) is 1.70. The molecule has 0 saturated heterocycles. The average molecular weight is 135 g/mol. The molecular formula is C6H5N3O. The number of nitrogens with zero attached hydrogens (tertiary/aromatic N) is 2. The van der Waals surface area contributed by atoms with Crippen LogP contribution in [0.5, 0.6) is 0 Å². The van der Waals surface area contributed by atoms with Gasteiger partial charge in [-0.1, -0.05) is 0 Å². The van der Waals surface area contributed by atoms with E-state index in [4.69, 9.17) is 5.73 Å². The fraction of sp³-hybridized carbons (Fsp3) is 0. The Morgan fingerprint density at radius 1 is 1.40 bits per heavy atom. The molecule has 2 aliphatic rings. The van der Waals surface area contributed by atoms with Crippen molar-refractivity contribution in [1.82, 2.24) is 10.4 Å². The Bertz CT molecular complexity index is 287. The van der Waals surface area contributed by atoms with E-state index in [9.17, 15) is 0 Å². The number of hydrogen-bond acceptors (Lipinski definition) is 4. The highest BCUT2D eigenvalue weighted by Gasteiger charge is 2.05. The minimum Gasteiger partial charge on any atom is -0.399 e. The third-order valence-corrected chi connectivity index (χ3v) is 1.30. The van der Waals surface area contributed by atoms with Crippen molar-refractivity contribution in [3.8, 4) is 11.3 Å². The lowest BCUT2D eigenvalue weighted by atomic mass is 10.3. The van der Waals surface area contributed by atoms with E-state index in [0.29, 0.717) is 5.69 Å². The van der Waals surface area contributed by atoms with Gasteiger partial charge in [-0.15, -0.1) is 5.10 Å². The van der Waals surface area contributed by atoms with Gasteiger partial charge in [-0.3, -0.25) is 0 Å². The van der Waals surface area contributed by atoms with Crippen LogP contribution >= 0.6 is 0 Å². The van der Waals surface area contributed by atoms with E-state index in [-0.39, 0.29) is 0 Å². The van der Waals surface area contributed by atoms with Crippen molar-refractivity contribution >= 4 is 5.69 Å². The highest BCUT2D eigenvalue weighted by molar-refractivity contribution is 5.69. The number of nitrogen functional groups attached to an aromatic ring is 1. The third kappa shape index (κ3) is 0.621. The number of aromatic nitrogens is 2. The molecule has 0 unspecified atom stereocenters. The Kier molecular flexibility index (Phi) is 0.887. The van der Waals surface area contributed by atoms with Gasteiger partial charge in [-0.2, -0.15) is 0 Å². The lowest BCUT2D eigenvalue weighted by Crippen LogP contribution is -1.81. The zero-order valence-electron chi connectivity index (χ0n) is 5.11. The van der Waals surface area contributed by atoms with Gasteiger partial charge >= 0.3 is 0 Å². The monoisotopic (exact) mass is 135 g/mol. The summed E-state index contributed by atoms with van der Waals surface area (Å²) in [6.45, 7) is 0.